The Kier molecular flexibility index (Phi) is 14.0. The quantitative estimate of drug-likeness (QED) is 0.102. The maximum absolute atomic E-state index is 12.6. The van der Waals surface area contributed by atoms with Crippen molar-refractivity contribution in [2.45, 2.75) is 23.6 Å². The van der Waals surface area contributed by atoms with Crippen LogP contribution in [0.2, 0.25) is 20.1 Å². The van der Waals surface area contributed by atoms with Gasteiger partial charge in [-0.25, -0.2) is 17.8 Å². The van der Waals surface area contributed by atoms with Crippen molar-refractivity contribution in [2.75, 3.05) is 0 Å². The van der Waals surface area contributed by atoms with Crippen molar-refractivity contribution in [3.63, 3.8) is 0 Å². The number of azo groups is 2. The van der Waals surface area contributed by atoms with Gasteiger partial charge >= 0.3 is 17.4 Å². The predicted molar refractivity (Wildman–Crippen MR) is 199 cm³/mol. The van der Waals surface area contributed by atoms with E-state index < -0.39 is 58.7 Å². The van der Waals surface area contributed by atoms with Crippen LogP contribution in [0.3, 0.4) is 0 Å². The summed E-state index contributed by atoms with van der Waals surface area (Å²) in [6, 6.07) is 16.9. The number of benzene rings is 4. The number of hydrogen-bond acceptors (Lipinski definition) is 14. The number of aromatic hydroxyl groups is 1. The summed E-state index contributed by atoms with van der Waals surface area (Å²) in [4.78, 5) is 10.8. The molecule has 6 rings (SSSR count). The summed E-state index contributed by atoms with van der Waals surface area (Å²) in [6.45, 7) is 3.07. The van der Waals surface area contributed by atoms with Crippen LogP contribution in [0, 0.1) is 13.8 Å². The molecule has 3 N–H and O–H groups in total. The van der Waals surface area contributed by atoms with Crippen LogP contribution in [0.5, 0.6) is 17.4 Å². The first-order valence-electron chi connectivity index (χ1n) is 15.1. The van der Waals surface area contributed by atoms with E-state index in [0.29, 0.717) is 22.1 Å². The molecule has 18 nitrogen and oxygen atoms in total. The molecule has 57 heavy (non-hydrogen) atoms. The molecule has 0 unspecified atom stereocenters. The van der Waals surface area contributed by atoms with Crippen LogP contribution in [0.15, 0.2) is 108 Å². The zero-order valence-corrected chi connectivity index (χ0v) is 34.4. The second kappa shape index (κ2) is 17.8. The van der Waals surface area contributed by atoms with Crippen LogP contribution in [0.4, 0.5) is 22.7 Å². The van der Waals surface area contributed by atoms with E-state index in [9.17, 15) is 41.5 Å². The van der Waals surface area contributed by atoms with Crippen molar-refractivity contribution in [1.82, 2.24) is 19.6 Å². The normalized spacial score (nSPS) is 11.8. The van der Waals surface area contributed by atoms with E-state index in [2.05, 4.69) is 30.7 Å². The fourth-order valence-corrected chi connectivity index (χ4v) is 6.93. The van der Waals surface area contributed by atoms with Crippen LogP contribution in [-0.4, -0.2) is 50.6 Å². The molecule has 0 amide bonds. The average molecular weight is 936 g/mol. The van der Waals surface area contributed by atoms with Crippen LogP contribution < -0.4 is 15.8 Å². The van der Waals surface area contributed by atoms with Gasteiger partial charge in [0.1, 0.15) is 26.4 Å². The fraction of sp³-hybridized carbons (Fsp3) is 0.0625. The van der Waals surface area contributed by atoms with Gasteiger partial charge in [-0.1, -0.05) is 76.4 Å². The van der Waals surface area contributed by atoms with Crippen molar-refractivity contribution in [1.29, 1.82) is 0 Å². The van der Waals surface area contributed by atoms with Gasteiger partial charge in [-0.3, -0.25) is 14.4 Å². The Morgan fingerprint density at radius 2 is 1.26 bits per heavy atom. The zero-order chi connectivity index (χ0) is 41.3. The maximum atomic E-state index is 12.6. The maximum Gasteiger partial charge on any atom is 3.00 e. The molecule has 0 saturated carbocycles. The zero-order valence-electron chi connectivity index (χ0n) is 28.5. The van der Waals surface area contributed by atoms with Gasteiger partial charge in [-0.15, -0.1) is 15.3 Å². The number of aryl methyl sites for hydroxylation is 2. The van der Waals surface area contributed by atoms with E-state index >= 15 is 0 Å². The first-order valence-corrected chi connectivity index (χ1v) is 19.4. The number of halogens is 4. The molecule has 0 bridgehead atoms. The minimum Gasteiger partial charge on any atom is -0.870 e. The van der Waals surface area contributed by atoms with Crippen molar-refractivity contribution in [2.24, 2.45) is 20.5 Å². The van der Waals surface area contributed by atoms with E-state index in [1.807, 2.05) is 0 Å². The number of rotatable bonds is 8. The van der Waals surface area contributed by atoms with E-state index in [1.165, 1.54) is 11.6 Å². The van der Waals surface area contributed by atoms with Gasteiger partial charge in [0.25, 0.3) is 15.7 Å². The van der Waals surface area contributed by atoms with Gasteiger partial charge in [0, 0.05) is 15.9 Å². The summed E-state index contributed by atoms with van der Waals surface area (Å²) < 4.78 is 67.5. The second-order valence-corrected chi connectivity index (χ2v) is 15.6. The number of aromatic amines is 1. The Bertz CT molecular complexity index is 2870. The molecule has 0 saturated heterocycles. The van der Waals surface area contributed by atoms with E-state index in [-0.39, 0.29) is 55.2 Å². The van der Waals surface area contributed by atoms with Crippen LogP contribution in [-0.2, 0) is 37.6 Å². The number of aromatic nitrogens is 4. The molecule has 6 aromatic rings. The first-order chi connectivity index (χ1) is 26.2. The molecule has 0 spiro atoms. The summed E-state index contributed by atoms with van der Waals surface area (Å²) in [7, 11) is -9.79. The van der Waals surface area contributed by atoms with Crippen molar-refractivity contribution in [3.8, 4) is 28.8 Å². The first kappa shape index (κ1) is 44.9. The van der Waals surface area contributed by atoms with E-state index in [0.717, 1.165) is 28.9 Å². The number of H-pyrrole nitrogens is 1. The fourth-order valence-electron chi connectivity index (χ4n) is 4.71. The second-order valence-electron chi connectivity index (χ2n) is 11.1. The smallest absolute Gasteiger partial charge is 0.870 e. The number of para-hydroxylation sites is 2. The van der Waals surface area contributed by atoms with Crippen LogP contribution in [0.25, 0.3) is 11.4 Å². The van der Waals surface area contributed by atoms with Gasteiger partial charge in [0.05, 0.1) is 43.4 Å². The predicted octanol–water partition coefficient (Wildman–Crippen LogP) is 7.10. The third-order valence-corrected chi connectivity index (χ3v) is 10.1. The Morgan fingerprint density at radius 1 is 0.754 bits per heavy atom. The molecule has 0 atom stereocenters. The standard InChI is InChI=1S/2C16H12Cl2N4O5S.Cr/c2*1-8-14(16(24)22(21-8)12-5-3-2-4-10(12)18)20-19-11-6-9(17)7-13(15(11)23)28(25,26)27;/h2-7,23-24H,1H3,(H,25,26,27);2-7,21,23H,1H3,(H,25,26,27);/q;;+3/p-3. The van der Waals surface area contributed by atoms with Gasteiger partial charge in [-0.05, 0) is 62.4 Å². The van der Waals surface area contributed by atoms with Gasteiger partial charge in [0.15, 0.2) is 11.4 Å². The molecule has 0 fully saturated rings. The van der Waals surface area contributed by atoms with Gasteiger partial charge < -0.3 is 19.9 Å². The summed E-state index contributed by atoms with van der Waals surface area (Å²) >= 11 is 23.7. The van der Waals surface area contributed by atoms with Crippen LogP contribution in [0.1, 0.15) is 11.4 Å². The molecular formula is C32H21Cl4CrN8O10S2. The van der Waals surface area contributed by atoms with Gasteiger partial charge in [0.2, 0.25) is 0 Å². The molecular weight excluding hydrogens is 914 g/mol. The Hall–Kier alpha value is -4.79. The van der Waals surface area contributed by atoms with E-state index in [1.54, 1.807) is 55.5 Å². The van der Waals surface area contributed by atoms with Crippen molar-refractivity contribution >= 4 is 89.4 Å². The molecule has 25 heteroatoms. The molecule has 0 aliphatic rings. The molecule has 2 aromatic heterocycles. The van der Waals surface area contributed by atoms with Crippen molar-refractivity contribution in [3.05, 3.63) is 115 Å². The number of phenolic OH excluding ortho intramolecular Hbond substituents is 1. The third-order valence-electron chi connectivity index (χ3n) is 7.28. The Labute approximate surface area is 352 Å². The molecule has 0 aliphatic carbocycles. The minimum atomic E-state index is -5.06. The summed E-state index contributed by atoms with van der Waals surface area (Å²) in [5.74, 6) is -2.68. The average Bonchev–Trinajstić information content (AvgIpc) is 3.56. The minimum absolute atomic E-state index is 0. The molecule has 0 aliphatic heterocycles. The summed E-state index contributed by atoms with van der Waals surface area (Å²) in [5, 5.41) is 56.7. The molecule has 295 valence electrons. The third kappa shape index (κ3) is 10.0. The Balaban J connectivity index is 0.000000248. The van der Waals surface area contributed by atoms with Crippen molar-refractivity contribution < 1.29 is 58.6 Å². The van der Waals surface area contributed by atoms with Gasteiger partial charge in [-0.2, -0.15) is 18.6 Å². The number of phenols is 1. The largest absolute Gasteiger partial charge is 3.00 e. The molecule has 4 aromatic carbocycles. The number of nitrogens with one attached hydrogen (secondary N) is 1. The van der Waals surface area contributed by atoms with Crippen LogP contribution >= 0.6 is 46.4 Å². The van der Waals surface area contributed by atoms with E-state index in [4.69, 9.17) is 51.0 Å². The number of nitrogens with zero attached hydrogens (tertiary/aromatic N) is 7. The SMILES string of the molecule is Cc1[nH]n(-c2ccccc2Cl)c(=O)c1N=Nc1cc(Cl)cc(S(=O)(=O)O)c1O.Cc1nn(-c2ccccc2Cl)c([O-])c1N=Nc1cc(Cl)cc(S(=O)(=O)[O-])c1[O-].[Cr+3]. The number of hydrogen-bond donors (Lipinski definition) is 3. The monoisotopic (exact) mass is 933 g/mol. The molecule has 2 heterocycles. The summed E-state index contributed by atoms with van der Waals surface area (Å²) in [6.07, 6.45) is 0. The topological polar surface area (TPSA) is 283 Å². The Morgan fingerprint density at radius 3 is 1.82 bits per heavy atom. The molecule has 1 radical (unpaired) electrons. The summed E-state index contributed by atoms with van der Waals surface area (Å²) in [5.41, 5.74) is -0.422.